The summed E-state index contributed by atoms with van der Waals surface area (Å²) < 4.78 is 5.81. The Morgan fingerprint density at radius 2 is 2.09 bits per heavy atom. The van der Waals surface area contributed by atoms with Gasteiger partial charge in [-0.05, 0) is 37.7 Å². The minimum atomic E-state index is 0. The molecule has 0 heterocycles. The molecule has 22 heavy (non-hydrogen) atoms. The van der Waals surface area contributed by atoms with Gasteiger partial charge in [0.2, 0.25) is 0 Å². The first-order chi connectivity index (χ1) is 10.3. The van der Waals surface area contributed by atoms with Gasteiger partial charge in [-0.25, -0.2) is 0 Å². The number of nitrogens with two attached hydrogens (primary N) is 1. The van der Waals surface area contributed by atoms with Crippen molar-refractivity contribution in [2.24, 2.45) is 16.6 Å². The van der Waals surface area contributed by atoms with Crippen molar-refractivity contribution >= 4 is 29.9 Å². The Hall–Kier alpha value is -0.820. The van der Waals surface area contributed by atoms with Crippen molar-refractivity contribution in [3.63, 3.8) is 0 Å². The summed E-state index contributed by atoms with van der Waals surface area (Å²) in [4.78, 5) is 4.37. The van der Waals surface area contributed by atoms with Crippen molar-refractivity contribution in [2.45, 2.75) is 38.7 Å². The number of aliphatic imine (C=N–C) groups is 1. The molecule has 1 aromatic rings. The van der Waals surface area contributed by atoms with E-state index in [-0.39, 0.29) is 30.1 Å². The van der Waals surface area contributed by atoms with Crippen LogP contribution >= 0.6 is 24.0 Å². The highest BCUT2D eigenvalue weighted by Crippen LogP contribution is 2.26. The molecular formula is C17H28IN3O. The number of nitrogens with zero attached hydrogens (tertiary/aromatic N) is 1. The highest BCUT2D eigenvalue weighted by Gasteiger charge is 2.16. The molecule has 1 unspecified atom stereocenters. The summed E-state index contributed by atoms with van der Waals surface area (Å²) in [7, 11) is 0. The number of hydrogen-bond acceptors (Lipinski definition) is 2. The van der Waals surface area contributed by atoms with E-state index in [9.17, 15) is 0 Å². The quantitative estimate of drug-likeness (QED) is 0.295. The maximum atomic E-state index is 5.83. The van der Waals surface area contributed by atoms with Crippen LogP contribution in [0.2, 0.25) is 0 Å². The first kappa shape index (κ1) is 19.2. The Bertz CT molecular complexity index is 435. The van der Waals surface area contributed by atoms with E-state index in [0.717, 1.165) is 32.0 Å². The Morgan fingerprint density at radius 3 is 2.73 bits per heavy atom. The summed E-state index contributed by atoms with van der Waals surface area (Å²) in [6, 6.07) is 10.3. The van der Waals surface area contributed by atoms with Gasteiger partial charge < -0.3 is 15.8 Å². The third-order valence-corrected chi connectivity index (χ3v) is 4.01. The van der Waals surface area contributed by atoms with Crippen LogP contribution in [-0.4, -0.2) is 25.7 Å². The summed E-state index contributed by atoms with van der Waals surface area (Å²) in [5, 5.41) is 3.15. The van der Waals surface area contributed by atoms with Crippen LogP contribution in [0.25, 0.3) is 0 Å². The van der Waals surface area contributed by atoms with E-state index in [2.05, 4.69) is 29.4 Å². The van der Waals surface area contributed by atoms with Gasteiger partial charge in [0.05, 0.1) is 6.10 Å². The Balaban J connectivity index is 0.00000242. The molecule has 1 fully saturated rings. The molecule has 0 aromatic heterocycles. The number of benzene rings is 1. The number of halogens is 1. The summed E-state index contributed by atoms with van der Waals surface area (Å²) >= 11 is 0. The van der Waals surface area contributed by atoms with Crippen LogP contribution in [0.4, 0.5) is 0 Å². The number of hydrogen-bond donors (Lipinski definition) is 2. The van der Waals surface area contributed by atoms with Crippen LogP contribution in [0.1, 0.15) is 44.3 Å². The predicted octanol–water partition coefficient (Wildman–Crippen LogP) is 3.48. The Morgan fingerprint density at radius 1 is 1.36 bits per heavy atom. The van der Waals surface area contributed by atoms with Crippen molar-refractivity contribution in [3.05, 3.63) is 35.9 Å². The van der Waals surface area contributed by atoms with Gasteiger partial charge in [0, 0.05) is 19.7 Å². The lowest BCUT2D eigenvalue weighted by atomic mass is 9.86. The molecule has 3 N–H and O–H groups in total. The lowest BCUT2D eigenvalue weighted by Crippen LogP contribution is -2.33. The number of rotatable bonds is 8. The molecule has 1 saturated carbocycles. The average Bonchev–Trinajstić information content (AvgIpc) is 2.46. The molecule has 124 valence electrons. The monoisotopic (exact) mass is 417 g/mol. The smallest absolute Gasteiger partial charge is 0.188 e. The second-order valence-corrected chi connectivity index (χ2v) is 5.73. The van der Waals surface area contributed by atoms with Gasteiger partial charge in [0.25, 0.3) is 0 Å². The Kier molecular flexibility index (Phi) is 9.47. The molecule has 1 aliphatic rings. The van der Waals surface area contributed by atoms with Crippen LogP contribution in [0.15, 0.2) is 35.3 Å². The third-order valence-electron chi connectivity index (χ3n) is 4.01. The van der Waals surface area contributed by atoms with Gasteiger partial charge in [-0.2, -0.15) is 0 Å². The first-order valence-corrected chi connectivity index (χ1v) is 7.96. The standard InChI is InChI=1S/C17H27N3O.HI/c1-14(16-9-3-2-4-10-16)21-12-6-11-19-17(18)20-13-15-7-5-8-15;/h2-4,9-10,14-15H,5-8,11-13H2,1H3,(H3,18,19,20);1H. The normalized spacial score (nSPS) is 16.5. The second kappa shape index (κ2) is 10.8. The van der Waals surface area contributed by atoms with E-state index in [4.69, 9.17) is 10.5 Å². The van der Waals surface area contributed by atoms with Gasteiger partial charge in [-0.3, -0.25) is 4.99 Å². The van der Waals surface area contributed by atoms with Gasteiger partial charge in [0.15, 0.2) is 5.96 Å². The van der Waals surface area contributed by atoms with Crippen LogP contribution in [0, 0.1) is 5.92 Å². The molecule has 4 nitrogen and oxygen atoms in total. The summed E-state index contributed by atoms with van der Waals surface area (Å²) in [6.45, 7) is 4.48. The van der Waals surface area contributed by atoms with Crippen LogP contribution in [0.5, 0.6) is 0 Å². The first-order valence-electron chi connectivity index (χ1n) is 7.96. The van der Waals surface area contributed by atoms with Crippen molar-refractivity contribution in [1.29, 1.82) is 0 Å². The molecule has 0 saturated heterocycles. The molecule has 5 heteroatoms. The molecule has 1 aliphatic carbocycles. The van der Waals surface area contributed by atoms with Gasteiger partial charge in [-0.1, -0.05) is 36.8 Å². The molecule has 2 rings (SSSR count). The van der Waals surface area contributed by atoms with Crippen LogP contribution in [0.3, 0.4) is 0 Å². The lowest BCUT2D eigenvalue weighted by Gasteiger charge is -2.23. The fraction of sp³-hybridized carbons (Fsp3) is 0.588. The van der Waals surface area contributed by atoms with E-state index in [1.165, 1.54) is 24.8 Å². The number of nitrogens with one attached hydrogen (secondary N) is 1. The molecule has 1 atom stereocenters. The van der Waals surface area contributed by atoms with Gasteiger partial charge >= 0.3 is 0 Å². The SMILES string of the molecule is CC(OCCCNC(N)=NCC1CCC1)c1ccccc1.I. The highest BCUT2D eigenvalue weighted by atomic mass is 127. The Labute approximate surface area is 150 Å². The summed E-state index contributed by atoms with van der Waals surface area (Å²) in [5.41, 5.74) is 7.05. The third kappa shape index (κ3) is 6.96. The zero-order chi connectivity index (χ0) is 14.9. The molecule has 0 spiro atoms. The van der Waals surface area contributed by atoms with Gasteiger partial charge in [-0.15, -0.1) is 24.0 Å². The van der Waals surface area contributed by atoms with Crippen molar-refractivity contribution in [1.82, 2.24) is 5.32 Å². The fourth-order valence-electron chi connectivity index (χ4n) is 2.33. The molecule has 0 radical (unpaired) electrons. The maximum Gasteiger partial charge on any atom is 0.188 e. The number of guanidine groups is 1. The fourth-order valence-corrected chi connectivity index (χ4v) is 2.33. The van der Waals surface area contributed by atoms with E-state index in [1.807, 2.05) is 18.2 Å². The molecular weight excluding hydrogens is 389 g/mol. The zero-order valence-electron chi connectivity index (χ0n) is 13.3. The maximum absolute atomic E-state index is 5.83. The van der Waals surface area contributed by atoms with Crippen LogP contribution in [-0.2, 0) is 4.74 Å². The summed E-state index contributed by atoms with van der Waals surface area (Å²) in [5.74, 6) is 1.33. The van der Waals surface area contributed by atoms with Crippen molar-refractivity contribution in [2.75, 3.05) is 19.7 Å². The lowest BCUT2D eigenvalue weighted by molar-refractivity contribution is 0.0646. The minimum absolute atomic E-state index is 0. The van der Waals surface area contributed by atoms with Gasteiger partial charge in [0.1, 0.15) is 0 Å². The molecule has 0 aliphatic heterocycles. The van der Waals surface area contributed by atoms with Crippen molar-refractivity contribution in [3.8, 4) is 0 Å². The predicted molar refractivity (Wildman–Crippen MR) is 103 cm³/mol. The summed E-state index contributed by atoms with van der Waals surface area (Å²) in [6.07, 6.45) is 5.03. The minimum Gasteiger partial charge on any atom is -0.374 e. The van der Waals surface area contributed by atoms with Crippen LogP contribution < -0.4 is 11.1 Å². The van der Waals surface area contributed by atoms with E-state index >= 15 is 0 Å². The second-order valence-electron chi connectivity index (χ2n) is 5.73. The highest BCUT2D eigenvalue weighted by molar-refractivity contribution is 14.0. The average molecular weight is 417 g/mol. The van der Waals surface area contributed by atoms with E-state index in [0.29, 0.717) is 5.96 Å². The molecule has 1 aromatic carbocycles. The van der Waals surface area contributed by atoms with E-state index < -0.39 is 0 Å². The van der Waals surface area contributed by atoms with E-state index in [1.54, 1.807) is 0 Å². The zero-order valence-corrected chi connectivity index (χ0v) is 15.7. The topological polar surface area (TPSA) is 59.6 Å². The van der Waals surface area contributed by atoms with Crippen molar-refractivity contribution < 1.29 is 4.74 Å². The molecule has 0 bridgehead atoms. The molecule has 0 amide bonds. The number of ether oxygens (including phenoxy) is 1. The largest absolute Gasteiger partial charge is 0.374 e.